The van der Waals surface area contributed by atoms with Gasteiger partial charge in [-0.15, -0.1) is 21.5 Å². The highest BCUT2D eigenvalue weighted by molar-refractivity contribution is 7.98. The summed E-state index contributed by atoms with van der Waals surface area (Å²) < 4.78 is 3.43. The van der Waals surface area contributed by atoms with Gasteiger partial charge in [-0.1, -0.05) is 17.8 Å². The minimum Gasteiger partial charge on any atom is -0.304 e. The van der Waals surface area contributed by atoms with E-state index in [0.717, 1.165) is 16.5 Å². The van der Waals surface area contributed by atoms with E-state index in [1.165, 1.54) is 23.1 Å². The Balaban J connectivity index is 1.57. The first-order valence-electron chi connectivity index (χ1n) is 7.12. The summed E-state index contributed by atoms with van der Waals surface area (Å²) in [5.74, 6) is 1.26. The van der Waals surface area contributed by atoms with Crippen LogP contribution in [-0.4, -0.2) is 29.1 Å². The summed E-state index contributed by atoms with van der Waals surface area (Å²) in [6, 6.07) is 7.23. The van der Waals surface area contributed by atoms with Crippen molar-refractivity contribution < 1.29 is 0 Å². The molecule has 0 fully saturated rings. The third-order valence-corrected chi connectivity index (χ3v) is 5.24. The molecule has 24 heavy (non-hydrogen) atoms. The van der Waals surface area contributed by atoms with E-state index in [-0.39, 0.29) is 5.56 Å². The second-order valence-corrected chi connectivity index (χ2v) is 6.83. The largest absolute Gasteiger partial charge is 0.304 e. The summed E-state index contributed by atoms with van der Waals surface area (Å²) in [5.41, 5.74) is 1.44. The SMILES string of the molecule is Cn1c(SCc2cc(=O)n3ccsc3n2)nnc1-c1ccccn1. The Morgan fingerprint density at radius 3 is 3.04 bits per heavy atom. The fourth-order valence-electron chi connectivity index (χ4n) is 2.26. The van der Waals surface area contributed by atoms with Gasteiger partial charge < -0.3 is 4.57 Å². The smallest absolute Gasteiger partial charge is 0.258 e. The molecule has 4 aromatic rings. The van der Waals surface area contributed by atoms with Gasteiger partial charge in [0.2, 0.25) is 0 Å². The predicted molar refractivity (Wildman–Crippen MR) is 93.1 cm³/mol. The van der Waals surface area contributed by atoms with Crippen LogP contribution in [0.3, 0.4) is 0 Å². The number of rotatable bonds is 4. The van der Waals surface area contributed by atoms with Gasteiger partial charge in [0.25, 0.3) is 5.56 Å². The topological polar surface area (TPSA) is 78.0 Å². The van der Waals surface area contributed by atoms with Crippen molar-refractivity contribution in [3.63, 3.8) is 0 Å². The van der Waals surface area contributed by atoms with Crippen molar-refractivity contribution in [1.29, 1.82) is 0 Å². The molecule has 0 saturated carbocycles. The molecule has 0 radical (unpaired) electrons. The minimum atomic E-state index is -0.0658. The van der Waals surface area contributed by atoms with E-state index in [4.69, 9.17) is 0 Å². The van der Waals surface area contributed by atoms with Gasteiger partial charge in [0, 0.05) is 36.6 Å². The lowest BCUT2D eigenvalue weighted by atomic mass is 10.3. The lowest BCUT2D eigenvalue weighted by Gasteiger charge is -2.03. The van der Waals surface area contributed by atoms with E-state index >= 15 is 0 Å². The van der Waals surface area contributed by atoms with Crippen molar-refractivity contribution in [2.24, 2.45) is 7.05 Å². The number of nitrogens with zero attached hydrogens (tertiary/aromatic N) is 6. The van der Waals surface area contributed by atoms with Crippen LogP contribution in [0.2, 0.25) is 0 Å². The maximum absolute atomic E-state index is 12.0. The first-order valence-corrected chi connectivity index (χ1v) is 8.98. The van der Waals surface area contributed by atoms with Gasteiger partial charge in [-0.05, 0) is 12.1 Å². The van der Waals surface area contributed by atoms with Crippen LogP contribution < -0.4 is 5.56 Å². The molecule has 0 aliphatic heterocycles. The fourth-order valence-corrected chi connectivity index (χ4v) is 3.80. The maximum Gasteiger partial charge on any atom is 0.258 e. The van der Waals surface area contributed by atoms with Gasteiger partial charge in [-0.25, -0.2) is 4.98 Å². The van der Waals surface area contributed by atoms with Crippen LogP contribution in [0, 0.1) is 0 Å². The van der Waals surface area contributed by atoms with Gasteiger partial charge in [0.05, 0.1) is 5.69 Å². The Hall–Kier alpha value is -2.52. The summed E-state index contributed by atoms with van der Waals surface area (Å²) in [6.45, 7) is 0. The molecule has 7 nitrogen and oxygen atoms in total. The maximum atomic E-state index is 12.0. The molecule has 0 unspecified atom stereocenters. The lowest BCUT2D eigenvalue weighted by molar-refractivity contribution is 0.791. The number of hydrogen-bond acceptors (Lipinski definition) is 7. The zero-order valence-electron chi connectivity index (χ0n) is 12.7. The molecule has 0 aliphatic carbocycles. The molecule has 0 atom stereocenters. The zero-order valence-corrected chi connectivity index (χ0v) is 14.3. The molecule has 120 valence electrons. The van der Waals surface area contributed by atoms with Crippen LogP contribution in [0.4, 0.5) is 0 Å². The number of hydrogen-bond donors (Lipinski definition) is 0. The highest BCUT2D eigenvalue weighted by atomic mass is 32.2. The molecular formula is C15H12N6OS2. The van der Waals surface area contributed by atoms with Gasteiger partial charge in [-0.2, -0.15) is 0 Å². The normalized spacial score (nSPS) is 11.2. The van der Waals surface area contributed by atoms with E-state index in [2.05, 4.69) is 20.2 Å². The molecule has 0 spiro atoms. The summed E-state index contributed by atoms with van der Waals surface area (Å²) in [5, 5.41) is 11.0. The van der Waals surface area contributed by atoms with E-state index < -0.39 is 0 Å². The van der Waals surface area contributed by atoms with Crippen LogP contribution in [-0.2, 0) is 12.8 Å². The first-order chi connectivity index (χ1) is 11.7. The van der Waals surface area contributed by atoms with Crippen molar-refractivity contribution in [2.45, 2.75) is 10.9 Å². The zero-order chi connectivity index (χ0) is 16.5. The summed E-state index contributed by atoms with van der Waals surface area (Å²) >= 11 is 2.93. The lowest BCUT2D eigenvalue weighted by Crippen LogP contribution is -2.12. The van der Waals surface area contributed by atoms with Crippen LogP contribution in [0.1, 0.15) is 5.69 Å². The molecule has 4 aromatic heterocycles. The highest BCUT2D eigenvalue weighted by Gasteiger charge is 2.13. The second kappa shape index (κ2) is 6.17. The van der Waals surface area contributed by atoms with Crippen LogP contribution in [0.15, 0.2) is 52.0 Å². The fraction of sp³-hybridized carbons (Fsp3) is 0.133. The first kappa shape index (κ1) is 15.0. The predicted octanol–water partition coefficient (Wildman–Crippen LogP) is 2.24. The highest BCUT2D eigenvalue weighted by Crippen LogP contribution is 2.23. The summed E-state index contributed by atoms with van der Waals surface area (Å²) in [4.78, 5) is 21.5. The molecule has 0 saturated heterocycles. The van der Waals surface area contributed by atoms with Gasteiger partial charge in [-0.3, -0.25) is 14.2 Å². The molecule has 9 heteroatoms. The van der Waals surface area contributed by atoms with E-state index in [0.29, 0.717) is 16.5 Å². The standard InChI is InChI=1S/C15H12N6OS2/c1-20-13(11-4-2-3-5-16-11)18-19-15(20)24-9-10-8-12(22)21-6-7-23-14(21)17-10/h2-8H,9H2,1H3. The molecule has 0 aromatic carbocycles. The van der Waals surface area contributed by atoms with Gasteiger partial charge >= 0.3 is 0 Å². The van der Waals surface area contributed by atoms with Crippen molar-refractivity contribution in [1.82, 2.24) is 29.1 Å². The Labute approximate surface area is 145 Å². The van der Waals surface area contributed by atoms with Crippen molar-refractivity contribution in [2.75, 3.05) is 0 Å². The third-order valence-electron chi connectivity index (χ3n) is 3.43. The molecule has 4 rings (SSSR count). The van der Waals surface area contributed by atoms with E-state index in [1.54, 1.807) is 22.9 Å². The Morgan fingerprint density at radius 2 is 2.21 bits per heavy atom. The molecule has 0 bridgehead atoms. The average molecular weight is 356 g/mol. The van der Waals surface area contributed by atoms with Crippen LogP contribution in [0.25, 0.3) is 16.5 Å². The number of fused-ring (bicyclic) bond motifs is 1. The number of pyridine rings is 1. The Kier molecular flexibility index (Phi) is 3.87. The van der Waals surface area contributed by atoms with Gasteiger partial charge in [0.15, 0.2) is 15.9 Å². The number of aromatic nitrogens is 6. The molecule has 0 aliphatic rings. The van der Waals surface area contributed by atoms with Crippen LogP contribution in [0.5, 0.6) is 0 Å². The quantitative estimate of drug-likeness (QED) is 0.522. The van der Waals surface area contributed by atoms with E-state index in [9.17, 15) is 4.79 Å². The van der Waals surface area contributed by atoms with Gasteiger partial charge in [0.1, 0.15) is 5.69 Å². The summed E-state index contributed by atoms with van der Waals surface area (Å²) in [6.07, 6.45) is 3.46. The monoisotopic (exact) mass is 356 g/mol. The van der Waals surface area contributed by atoms with E-state index in [1.807, 2.05) is 35.2 Å². The van der Waals surface area contributed by atoms with Crippen molar-refractivity contribution in [3.05, 3.63) is 58.1 Å². The minimum absolute atomic E-state index is 0.0658. The molecule has 0 N–H and O–H groups in total. The van der Waals surface area contributed by atoms with Crippen molar-refractivity contribution >= 4 is 28.1 Å². The molecule has 4 heterocycles. The number of thiazole rings is 1. The summed E-state index contributed by atoms with van der Waals surface area (Å²) in [7, 11) is 1.90. The van der Waals surface area contributed by atoms with Crippen molar-refractivity contribution in [3.8, 4) is 11.5 Å². The average Bonchev–Trinajstić information content (AvgIpc) is 3.21. The third kappa shape index (κ3) is 2.72. The molecular weight excluding hydrogens is 344 g/mol. The second-order valence-electron chi connectivity index (χ2n) is 5.01. The number of thioether (sulfide) groups is 1. The van der Waals surface area contributed by atoms with Crippen LogP contribution >= 0.6 is 23.1 Å². The molecule has 0 amide bonds. The Morgan fingerprint density at radius 1 is 1.29 bits per heavy atom. The Bertz CT molecular complexity index is 1050.